The van der Waals surface area contributed by atoms with Crippen LogP contribution in [0, 0.1) is 11.3 Å². The van der Waals surface area contributed by atoms with E-state index in [4.69, 9.17) is 4.74 Å². The van der Waals surface area contributed by atoms with E-state index in [0.29, 0.717) is 6.61 Å². The summed E-state index contributed by atoms with van der Waals surface area (Å²) >= 11 is 0. The van der Waals surface area contributed by atoms with Crippen molar-refractivity contribution in [1.82, 2.24) is 0 Å². The van der Waals surface area contributed by atoms with Gasteiger partial charge in [0.25, 0.3) is 0 Å². The van der Waals surface area contributed by atoms with Gasteiger partial charge in [0.1, 0.15) is 0 Å². The highest BCUT2D eigenvalue weighted by Crippen LogP contribution is 2.39. The van der Waals surface area contributed by atoms with Gasteiger partial charge in [0.05, 0.1) is 12.5 Å². The molecule has 0 N–H and O–H groups in total. The Balaban J connectivity index is 2.86. The van der Waals surface area contributed by atoms with Gasteiger partial charge in [-0.1, -0.05) is 26.0 Å². The van der Waals surface area contributed by atoms with Crippen LogP contribution < -0.4 is 0 Å². The van der Waals surface area contributed by atoms with Gasteiger partial charge in [-0.05, 0) is 19.8 Å². The molecule has 0 aliphatic carbocycles. The van der Waals surface area contributed by atoms with Gasteiger partial charge in [0, 0.05) is 5.41 Å². The van der Waals surface area contributed by atoms with E-state index in [0.717, 1.165) is 12.8 Å². The van der Waals surface area contributed by atoms with Crippen molar-refractivity contribution in [2.75, 3.05) is 6.61 Å². The van der Waals surface area contributed by atoms with E-state index in [1.165, 1.54) is 0 Å². The van der Waals surface area contributed by atoms with Gasteiger partial charge in [-0.25, -0.2) is 0 Å². The van der Waals surface area contributed by atoms with E-state index >= 15 is 0 Å². The fourth-order valence-electron chi connectivity index (χ4n) is 2.13. The molecule has 1 aliphatic rings. The number of hydrogen-bond acceptors (Lipinski definition) is 2. The van der Waals surface area contributed by atoms with E-state index in [-0.39, 0.29) is 17.3 Å². The Morgan fingerprint density at radius 1 is 1.69 bits per heavy atom. The molecule has 0 aromatic heterocycles. The molecule has 2 atom stereocenters. The molecule has 0 amide bonds. The fourth-order valence-corrected chi connectivity index (χ4v) is 2.13. The Morgan fingerprint density at radius 2 is 2.38 bits per heavy atom. The van der Waals surface area contributed by atoms with Crippen LogP contribution in [0.25, 0.3) is 0 Å². The highest BCUT2D eigenvalue weighted by molar-refractivity contribution is 5.74. The standard InChI is InChI=1S/C11H18O2/c1-4-6-11(3)7-8-13-10(12)9(11)5-2/h4,6,9H,5,7-8H2,1-3H3. The highest BCUT2D eigenvalue weighted by atomic mass is 16.5. The number of hydrogen-bond donors (Lipinski definition) is 0. The SMILES string of the molecule is CC=CC1(C)CCOC(=O)C1CC. The van der Waals surface area contributed by atoms with Gasteiger partial charge in [-0.3, -0.25) is 4.79 Å². The summed E-state index contributed by atoms with van der Waals surface area (Å²) in [6, 6.07) is 0. The van der Waals surface area contributed by atoms with E-state index in [1.54, 1.807) is 0 Å². The Bertz CT molecular complexity index is 220. The molecule has 2 heteroatoms. The van der Waals surface area contributed by atoms with Crippen molar-refractivity contribution in [3.8, 4) is 0 Å². The smallest absolute Gasteiger partial charge is 0.309 e. The Hall–Kier alpha value is -0.790. The van der Waals surface area contributed by atoms with Crippen LogP contribution >= 0.6 is 0 Å². The predicted molar refractivity (Wildman–Crippen MR) is 52.3 cm³/mol. The maximum absolute atomic E-state index is 11.5. The third-order valence-corrected chi connectivity index (χ3v) is 2.92. The number of allylic oxidation sites excluding steroid dienone is 2. The van der Waals surface area contributed by atoms with Crippen molar-refractivity contribution in [2.45, 2.75) is 33.6 Å². The molecule has 0 aromatic carbocycles. The molecule has 1 aliphatic heterocycles. The van der Waals surface area contributed by atoms with Crippen LogP contribution in [0.5, 0.6) is 0 Å². The van der Waals surface area contributed by atoms with Gasteiger partial charge in [-0.15, -0.1) is 0 Å². The summed E-state index contributed by atoms with van der Waals surface area (Å²) in [6.45, 7) is 6.74. The third-order valence-electron chi connectivity index (χ3n) is 2.92. The lowest BCUT2D eigenvalue weighted by molar-refractivity contribution is -0.159. The molecule has 0 radical (unpaired) electrons. The van der Waals surface area contributed by atoms with E-state index in [9.17, 15) is 4.79 Å². The summed E-state index contributed by atoms with van der Waals surface area (Å²) in [5.41, 5.74) is 0.0127. The maximum atomic E-state index is 11.5. The van der Waals surface area contributed by atoms with Gasteiger partial charge < -0.3 is 4.74 Å². The zero-order valence-corrected chi connectivity index (χ0v) is 8.67. The minimum atomic E-state index is -0.0330. The molecular formula is C11H18O2. The minimum Gasteiger partial charge on any atom is -0.465 e. The molecule has 1 saturated heterocycles. The second kappa shape index (κ2) is 3.95. The number of carbonyl (C=O) groups excluding carboxylic acids is 1. The topological polar surface area (TPSA) is 26.3 Å². The van der Waals surface area contributed by atoms with Gasteiger partial charge in [0.15, 0.2) is 0 Å². The van der Waals surface area contributed by atoms with Crippen molar-refractivity contribution < 1.29 is 9.53 Å². The summed E-state index contributed by atoms with van der Waals surface area (Å²) in [5, 5.41) is 0. The normalized spacial score (nSPS) is 35.0. The lowest BCUT2D eigenvalue weighted by Crippen LogP contribution is -2.39. The minimum absolute atomic E-state index is 0.0127. The Morgan fingerprint density at radius 3 is 2.92 bits per heavy atom. The quantitative estimate of drug-likeness (QED) is 0.484. The van der Waals surface area contributed by atoms with Gasteiger partial charge >= 0.3 is 5.97 Å². The zero-order chi connectivity index (χ0) is 9.90. The number of carbonyl (C=O) groups is 1. The fraction of sp³-hybridized carbons (Fsp3) is 0.727. The molecule has 2 unspecified atom stereocenters. The number of ether oxygens (including phenoxy) is 1. The monoisotopic (exact) mass is 182 g/mol. The molecular weight excluding hydrogens is 164 g/mol. The molecule has 1 fully saturated rings. The first-order valence-electron chi connectivity index (χ1n) is 4.94. The van der Waals surface area contributed by atoms with Crippen LogP contribution in [0.2, 0.25) is 0 Å². The summed E-state index contributed by atoms with van der Waals surface area (Å²) in [5.74, 6) is 0.00630. The third kappa shape index (κ3) is 1.93. The van der Waals surface area contributed by atoms with Gasteiger partial charge in [0.2, 0.25) is 0 Å². The summed E-state index contributed by atoms with van der Waals surface area (Å²) in [4.78, 5) is 11.5. The van der Waals surface area contributed by atoms with Crippen molar-refractivity contribution in [3.05, 3.63) is 12.2 Å². The molecule has 74 valence electrons. The number of cyclic esters (lactones) is 1. The average molecular weight is 182 g/mol. The van der Waals surface area contributed by atoms with E-state index in [1.807, 2.05) is 19.9 Å². The molecule has 0 spiro atoms. The molecule has 0 bridgehead atoms. The zero-order valence-electron chi connectivity index (χ0n) is 8.67. The van der Waals surface area contributed by atoms with Crippen LogP contribution in [0.3, 0.4) is 0 Å². The Kier molecular flexibility index (Phi) is 3.12. The molecule has 2 nitrogen and oxygen atoms in total. The lowest BCUT2D eigenvalue weighted by atomic mass is 9.72. The summed E-state index contributed by atoms with van der Waals surface area (Å²) in [6.07, 6.45) is 5.98. The van der Waals surface area contributed by atoms with Crippen LogP contribution in [0.1, 0.15) is 33.6 Å². The molecule has 1 rings (SSSR count). The van der Waals surface area contributed by atoms with Crippen LogP contribution in [-0.4, -0.2) is 12.6 Å². The largest absolute Gasteiger partial charge is 0.465 e. The first kappa shape index (κ1) is 10.3. The first-order valence-corrected chi connectivity index (χ1v) is 4.94. The Labute approximate surface area is 80.0 Å². The van der Waals surface area contributed by atoms with Crippen molar-refractivity contribution in [3.63, 3.8) is 0 Å². The second-order valence-electron chi connectivity index (χ2n) is 3.88. The molecule has 0 saturated carbocycles. The lowest BCUT2D eigenvalue weighted by Gasteiger charge is -2.37. The first-order chi connectivity index (χ1) is 6.14. The van der Waals surface area contributed by atoms with E-state index < -0.39 is 0 Å². The van der Waals surface area contributed by atoms with Crippen LogP contribution in [0.15, 0.2) is 12.2 Å². The van der Waals surface area contributed by atoms with Crippen LogP contribution in [0.4, 0.5) is 0 Å². The van der Waals surface area contributed by atoms with Crippen LogP contribution in [-0.2, 0) is 9.53 Å². The molecule has 13 heavy (non-hydrogen) atoms. The predicted octanol–water partition coefficient (Wildman–Crippen LogP) is 2.54. The second-order valence-corrected chi connectivity index (χ2v) is 3.88. The maximum Gasteiger partial charge on any atom is 0.309 e. The number of esters is 1. The van der Waals surface area contributed by atoms with Crippen molar-refractivity contribution in [1.29, 1.82) is 0 Å². The molecule has 0 aromatic rings. The number of rotatable bonds is 2. The summed E-state index contributed by atoms with van der Waals surface area (Å²) in [7, 11) is 0. The molecule has 1 heterocycles. The van der Waals surface area contributed by atoms with Gasteiger partial charge in [-0.2, -0.15) is 0 Å². The van der Waals surface area contributed by atoms with Crippen molar-refractivity contribution >= 4 is 5.97 Å². The van der Waals surface area contributed by atoms with E-state index in [2.05, 4.69) is 13.0 Å². The summed E-state index contributed by atoms with van der Waals surface area (Å²) < 4.78 is 5.05. The average Bonchev–Trinajstić information content (AvgIpc) is 2.04. The van der Waals surface area contributed by atoms with Crippen molar-refractivity contribution in [2.24, 2.45) is 11.3 Å². The highest BCUT2D eigenvalue weighted by Gasteiger charge is 2.40.